The van der Waals surface area contributed by atoms with Crippen molar-refractivity contribution in [2.45, 2.75) is 34.6 Å². The first-order chi connectivity index (χ1) is 14.2. The number of carbonyl (C=O) groups is 1. The lowest BCUT2D eigenvalue weighted by Crippen LogP contribution is -2.13. The molecule has 5 heteroatoms. The summed E-state index contributed by atoms with van der Waals surface area (Å²) in [5.41, 5.74) is 7.82. The number of nitrogens with zero attached hydrogens (tertiary/aromatic N) is 2. The fraction of sp³-hybridized carbons (Fsp3) is 0.200. The van der Waals surface area contributed by atoms with E-state index in [9.17, 15) is 10.1 Å². The fourth-order valence-electron chi connectivity index (χ4n) is 3.53. The molecule has 30 heavy (non-hydrogen) atoms. The van der Waals surface area contributed by atoms with Crippen molar-refractivity contribution >= 4 is 29.3 Å². The number of benzene rings is 2. The van der Waals surface area contributed by atoms with Crippen molar-refractivity contribution in [3.05, 3.63) is 86.7 Å². The van der Waals surface area contributed by atoms with Crippen LogP contribution in [-0.4, -0.2) is 10.5 Å². The first-order valence-electron chi connectivity index (χ1n) is 9.67. The van der Waals surface area contributed by atoms with E-state index in [1.165, 1.54) is 11.1 Å². The van der Waals surface area contributed by atoms with Gasteiger partial charge in [-0.05, 0) is 81.7 Å². The highest BCUT2D eigenvalue weighted by molar-refractivity contribution is 6.31. The third-order valence-corrected chi connectivity index (χ3v) is 5.57. The minimum Gasteiger partial charge on any atom is -0.321 e. The van der Waals surface area contributed by atoms with Gasteiger partial charge < -0.3 is 9.88 Å². The van der Waals surface area contributed by atoms with Gasteiger partial charge in [0.05, 0.1) is 0 Å². The Bertz CT molecular complexity index is 1210. The van der Waals surface area contributed by atoms with Crippen LogP contribution in [0.15, 0.2) is 48.0 Å². The average Bonchev–Trinajstić information content (AvgIpc) is 2.96. The number of rotatable bonds is 4. The molecule has 0 saturated carbocycles. The number of nitrogens with one attached hydrogen (secondary N) is 1. The first kappa shape index (κ1) is 21.4. The Kier molecular flexibility index (Phi) is 6.14. The van der Waals surface area contributed by atoms with E-state index in [0.717, 1.165) is 28.2 Å². The number of hydrogen-bond donors (Lipinski definition) is 1. The van der Waals surface area contributed by atoms with E-state index < -0.39 is 5.91 Å². The van der Waals surface area contributed by atoms with E-state index in [4.69, 9.17) is 11.6 Å². The summed E-state index contributed by atoms with van der Waals surface area (Å²) in [5.74, 6) is -0.464. The van der Waals surface area contributed by atoms with E-state index in [1.807, 2.05) is 39.0 Å². The lowest BCUT2D eigenvalue weighted by molar-refractivity contribution is -0.112. The van der Waals surface area contributed by atoms with Crippen molar-refractivity contribution in [2.75, 3.05) is 5.32 Å². The first-order valence-corrected chi connectivity index (χ1v) is 10.0. The van der Waals surface area contributed by atoms with Crippen LogP contribution in [0.2, 0.25) is 5.02 Å². The van der Waals surface area contributed by atoms with Gasteiger partial charge in [0.2, 0.25) is 0 Å². The number of hydrogen-bond acceptors (Lipinski definition) is 2. The second-order valence-electron chi connectivity index (χ2n) is 7.54. The average molecular weight is 418 g/mol. The Balaban J connectivity index is 1.95. The van der Waals surface area contributed by atoms with Gasteiger partial charge in [-0.3, -0.25) is 4.79 Å². The Morgan fingerprint density at radius 1 is 1.03 bits per heavy atom. The Hall–Kier alpha value is -3.29. The molecule has 0 fully saturated rings. The standard InChI is InChI=1S/C25H24ClN3O/c1-15-6-9-24(17(3)10-15)29-18(4)11-20(19(29)5)12-21(14-27)25(30)28-22-8-7-16(2)23(26)13-22/h6-13H,1-5H3,(H,28,30)/b21-12-. The molecule has 4 nitrogen and oxygen atoms in total. The van der Waals surface area contributed by atoms with E-state index in [0.29, 0.717) is 10.7 Å². The molecule has 2 aromatic carbocycles. The molecular weight excluding hydrogens is 394 g/mol. The predicted octanol–water partition coefficient (Wildman–Crippen LogP) is 6.22. The van der Waals surface area contributed by atoms with Crippen molar-refractivity contribution in [1.29, 1.82) is 5.26 Å². The highest BCUT2D eigenvalue weighted by atomic mass is 35.5. The van der Waals surface area contributed by atoms with Crippen molar-refractivity contribution in [3.8, 4) is 11.8 Å². The third-order valence-electron chi connectivity index (χ3n) is 5.16. The lowest BCUT2D eigenvalue weighted by Gasteiger charge is -2.13. The molecule has 0 saturated heterocycles. The number of halogens is 1. The number of aromatic nitrogens is 1. The minimum atomic E-state index is -0.464. The van der Waals surface area contributed by atoms with Crippen molar-refractivity contribution in [2.24, 2.45) is 0 Å². The maximum absolute atomic E-state index is 12.7. The summed E-state index contributed by atoms with van der Waals surface area (Å²) in [6.07, 6.45) is 1.63. The van der Waals surface area contributed by atoms with E-state index in [-0.39, 0.29) is 5.57 Å². The van der Waals surface area contributed by atoms with Gasteiger partial charge in [0.25, 0.3) is 5.91 Å². The zero-order valence-electron chi connectivity index (χ0n) is 17.8. The summed E-state index contributed by atoms with van der Waals surface area (Å²) in [5, 5.41) is 12.9. The van der Waals surface area contributed by atoms with Gasteiger partial charge >= 0.3 is 0 Å². The molecule has 3 aromatic rings. The van der Waals surface area contributed by atoms with E-state index >= 15 is 0 Å². The van der Waals surface area contributed by atoms with Gasteiger partial charge in [0.15, 0.2) is 0 Å². The van der Waals surface area contributed by atoms with E-state index in [2.05, 4.69) is 41.9 Å². The van der Waals surface area contributed by atoms with Crippen molar-refractivity contribution < 1.29 is 4.79 Å². The zero-order valence-corrected chi connectivity index (χ0v) is 18.6. The second-order valence-corrected chi connectivity index (χ2v) is 7.95. The lowest BCUT2D eigenvalue weighted by atomic mass is 10.1. The summed E-state index contributed by atoms with van der Waals surface area (Å²) < 4.78 is 2.15. The van der Waals surface area contributed by atoms with Crippen LogP contribution in [0.3, 0.4) is 0 Å². The topological polar surface area (TPSA) is 57.8 Å². The molecule has 1 heterocycles. The van der Waals surface area contributed by atoms with Crippen LogP contribution >= 0.6 is 11.6 Å². The fourth-order valence-corrected chi connectivity index (χ4v) is 3.71. The number of nitriles is 1. The summed E-state index contributed by atoms with van der Waals surface area (Å²) in [6, 6.07) is 15.6. The molecule has 0 unspecified atom stereocenters. The van der Waals surface area contributed by atoms with Gasteiger partial charge in [-0.15, -0.1) is 0 Å². The highest BCUT2D eigenvalue weighted by Gasteiger charge is 2.15. The van der Waals surface area contributed by atoms with Gasteiger partial charge in [0, 0.05) is 27.8 Å². The third kappa shape index (κ3) is 4.32. The van der Waals surface area contributed by atoms with E-state index in [1.54, 1.807) is 18.2 Å². The van der Waals surface area contributed by atoms with Crippen LogP contribution < -0.4 is 5.32 Å². The van der Waals surface area contributed by atoms with Crippen molar-refractivity contribution in [1.82, 2.24) is 4.57 Å². The van der Waals surface area contributed by atoms with Gasteiger partial charge in [-0.1, -0.05) is 35.4 Å². The van der Waals surface area contributed by atoms with Gasteiger partial charge in [0.1, 0.15) is 11.6 Å². The molecule has 0 spiro atoms. The number of aryl methyl sites for hydroxylation is 4. The minimum absolute atomic E-state index is 0.0348. The highest BCUT2D eigenvalue weighted by Crippen LogP contribution is 2.26. The largest absolute Gasteiger partial charge is 0.321 e. The summed E-state index contributed by atoms with van der Waals surface area (Å²) in [4.78, 5) is 12.7. The zero-order chi connectivity index (χ0) is 22.0. The SMILES string of the molecule is Cc1ccc(-n2c(C)cc(/C=C(/C#N)C(=O)Nc3ccc(C)c(Cl)c3)c2C)c(C)c1. The van der Waals surface area contributed by atoms with Crippen LogP contribution in [0.4, 0.5) is 5.69 Å². The molecule has 1 aromatic heterocycles. The monoisotopic (exact) mass is 417 g/mol. The molecule has 0 aliphatic carbocycles. The summed E-state index contributed by atoms with van der Waals surface area (Å²) >= 11 is 6.13. The predicted molar refractivity (Wildman–Crippen MR) is 123 cm³/mol. The summed E-state index contributed by atoms with van der Waals surface area (Å²) in [7, 11) is 0. The molecule has 0 aliphatic rings. The molecule has 0 aliphatic heterocycles. The van der Waals surface area contributed by atoms with Gasteiger partial charge in [-0.2, -0.15) is 5.26 Å². The number of carbonyl (C=O) groups excluding carboxylic acids is 1. The molecule has 0 atom stereocenters. The maximum Gasteiger partial charge on any atom is 0.266 e. The Morgan fingerprint density at radius 2 is 1.77 bits per heavy atom. The van der Waals surface area contributed by atoms with Crippen LogP contribution in [0.1, 0.15) is 33.6 Å². The molecular formula is C25H24ClN3O. The molecule has 3 rings (SSSR count). The smallest absolute Gasteiger partial charge is 0.266 e. The van der Waals surface area contributed by atoms with Crippen molar-refractivity contribution in [3.63, 3.8) is 0 Å². The number of anilines is 1. The molecule has 1 amide bonds. The molecule has 1 N–H and O–H groups in total. The summed E-state index contributed by atoms with van der Waals surface area (Å²) in [6.45, 7) is 10.0. The van der Waals surface area contributed by atoms with Crippen LogP contribution in [-0.2, 0) is 4.79 Å². The van der Waals surface area contributed by atoms with Crippen LogP contribution in [0.5, 0.6) is 0 Å². The Labute approximate surface area is 182 Å². The van der Waals surface area contributed by atoms with Gasteiger partial charge in [-0.25, -0.2) is 0 Å². The van der Waals surface area contributed by atoms with Crippen LogP contribution in [0.25, 0.3) is 11.8 Å². The normalized spacial score (nSPS) is 11.3. The Morgan fingerprint density at radius 3 is 2.40 bits per heavy atom. The second kappa shape index (κ2) is 8.61. The van der Waals surface area contributed by atoms with Crippen LogP contribution in [0, 0.1) is 45.9 Å². The number of amides is 1. The maximum atomic E-state index is 12.7. The molecule has 0 bridgehead atoms. The quantitative estimate of drug-likeness (QED) is 0.404. The molecule has 152 valence electrons. The molecule has 0 radical (unpaired) electrons.